The number of carbonyl (C=O) groups excluding carboxylic acids is 1. The van der Waals surface area contributed by atoms with Gasteiger partial charge in [-0.3, -0.25) is 9.69 Å². The Labute approximate surface area is 168 Å². The molecule has 0 unspecified atom stereocenters. The highest BCUT2D eigenvalue weighted by Crippen LogP contribution is 2.32. The summed E-state index contributed by atoms with van der Waals surface area (Å²) in [4.78, 5) is 16.5. The monoisotopic (exact) mass is 407 g/mol. The van der Waals surface area contributed by atoms with Gasteiger partial charge in [-0.05, 0) is 49.4 Å². The second kappa shape index (κ2) is 8.73. The number of hydrogen-bond donors (Lipinski definition) is 1. The molecule has 8 heteroatoms. The zero-order chi connectivity index (χ0) is 21.0. The van der Waals surface area contributed by atoms with Crippen LogP contribution in [-0.2, 0) is 11.0 Å². The highest BCUT2D eigenvalue weighted by molar-refractivity contribution is 5.94. The fourth-order valence-electron chi connectivity index (χ4n) is 3.33. The van der Waals surface area contributed by atoms with E-state index in [-0.39, 0.29) is 11.9 Å². The Morgan fingerprint density at radius 3 is 2.31 bits per heavy atom. The minimum atomic E-state index is -4.36. The summed E-state index contributed by atoms with van der Waals surface area (Å²) < 4.78 is 43.9. The number of nitrogens with zero attached hydrogens (tertiary/aromatic N) is 2. The van der Waals surface area contributed by atoms with E-state index in [1.165, 1.54) is 12.1 Å². The molecule has 0 aliphatic carbocycles. The van der Waals surface area contributed by atoms with Gasteiger partial charge >= 0.3 is 6.18 Å². The van der Waals surface area contributed by atoms with Gasteiger partial charge in [0.1, 0.15) is 5.75 Å². The second-order valence-corrected chi connectivity index (χ2v) is 6.96. The van der Waals surface area contributed by atoms with Crippen molar-refractivity contribution >= 4 is 17.3 Å². The average Bonchev–Trinajstić information content (AvgIpc) is 2.73. The van der Waals surface area contributed by atoms with Crippen LogP contribution in [0.1, 0.15) is 12.5 Å². The van der Waals surface area contributed by atoms with E-state index >= 15 is 0 Å². The van der Waals surface area contributed by atoms with E-state index in [2.05, 4.69) is 5.32 Å². The van der Waals surface area contributed by atoms with Gasteiger partial charge in [0.2, 0.25) is 5.91 Å². The molecule has 0 radical (unpaired) electrons. The summed E-state index contributed by atoms with van der Waals surface area (Å²) >= 11 is 0. The molecule has 1 saturated heterocycles. The molecule has 1 atom stereocenters. The summed E-state index contributed by atoms with van der Waals surface area (Å²) in [5, 5.41) is 2.88. The summed E-state index contributed by atoms with van der Waals surface area (Å²) in [6, 6.07) is 12.1. The lowest BCUT2D eigenvalue weighted by Crippen LogP contribution is -2.52. The Balaban J connectivity index is 1.56. The molecule has 3 rings (SSSR count). The van der Waals surface area contributed by atoms with Crippen LogP contribution in [0.3, 0.4) is 0 Å². The number of amides is 1. The van der Waals surface area contributed by atoms with Crippen molar-refractivity contribution in [3.8, 4) is 5.75 Å². The number of methoxy groups -OCH3 is 1. The van der Waals surface area contributed by atoms with E-state index in [0.717, 1.165) is 6.07 Å². The third-order valence-electron chi connectivity index (χ3n) is 5.14. The molecule has 0 aromatic heterocycles. The van der Waals surface area contributed by atoms with Crippen molar-refractivity contribution in [3.05, 3.63) is 54.1 Å². The zero-order valence-corrected chi connectivity index (χ0v) is 16.4. The highest BCUT2D eigenvalue weighted by Gasteiger charge is 2.31. The first-order valence-electron chi connectivity index (χ1n) is 9.39. The number of alkyl halides is 3. The lowest BCUT2D eigenvalue weighted by molar-refractivity contribution is -0.137. The summed E-state index contributed by atoms with van der Waals surface area (Å²) in [5.41, 5.74) is 0.588. The lowest BCUT2D eigenvalue weighted by Gasteiger charge is -2.38. The van der Waals surface area contributed by atoms with E-state index in [0.29, 0.717) is 43.3 Å². The van der Waals surface area contributed by atoms with Crippen LogP contribution < -0.4 is 15.0 Å². The standard InChI is InChI=1S/C21H24F3N3O2/c1-15(20(28)25-17-6-8-19(29-2)9-7-17)26-10-12-27(13-11-26)18-5-3-4-16(14-18)21(22,23)24/h3-9,14-15H,10-13H2,1-2H3,(H,25,28)/t15-/m0/s1. The predicted molar refractivity (Wildman–Crippen MR) is 106 cm³/mol. The van der Waals surface area contributed by atoms with Crippen LogP contribution in [-0.4, -0.2) is 50.1 Å². The third kappa shape index (κ3) is 5.20. The van der Waals surface area contributed by atoms with Crippen LogP contribution in [0, 0.1) is 0 Å². The van der Waals surface area contributed by atoms with Crippen molar-refractivity contribution in [2.45, 2.75) is 19.1 Å². The number of halogens is 3. The summed E-state index contributed by atoms with van der Waals surface area (Å²) in [6.07, 6.45) is -4.36. The zero-order valence-electron chi connectivity index (χ0n) is 16.4. The third-order valence-corrected chi connectivity index (χ3v) is 5.14. The number of anilines is 2. The van der Waals surface area contributed by atoms with E-state index in [9.17, 15) is 18.0 Å². The molecule has 5 nitrogen and oxygen atoms in total. The maximum Gasteiger partial charge on any atom is 0.416 e. The number of rotatable bonds is 5. The Hall–Kier alpha value is -2.74. The highest BCUT2D eigenvalue weighted by atomic mass is 19.4. The van der Waals surface area contributed by atoms with Gasteiger partial charge in [-0.15, -0.1) is 0 Å². The number of piperazine rings is 1. The van der Waals surface area contributed by atoms with Crippen molar-refractivity contribution < 1.29 is 22.7 Å². The molecule has 1 fully saturated rings. The van der Waals surface area contributed by atoms with Crippen LogP contribution in [0.2, 0.25) is 0 Å². The number of carbonyl (C=O) groups is 1. The molecule has 156 valence electrons. The quantitative estimate of drug-likeness (QED) is 0.818. The van der Waals surface area contributed by atoms with Crippen LogP contribution in [0.25, 0.3) is 0 Å². The Kier molecular flexibility index (Phi) is 6.32. The number of benzene rings is 2. The molecular formula is C21H24F3N3O2. The maximum atomic E-state index is 12.9. The first-order valence-corrected chi connectivity index (χ1v) is 9.39. The van der Waals surface area contributed by atoms with E-state index in [4.69, 9.17) is 4.74 Å². The smallest absolute Gasteiger partial charge is 0.416 e. The topological polar surface area (TPSA) is 44.8 Å². The summed E-state index contributed by atoms with van der Waals surface area (Å²) in [6.45, 7) is 4.13. The van der Waals surface area contributed by atoms with Crippen LogP contribution in [0.4, 0.5) is 24.5 Å². The maximum absolute atomic E-state index is 12.9. The Morgan fingerprint density at radius 2 is 1.72 bits per heavy atom. The molecule has 0 saturated carbocycles. The molecule has 1 aliphatic rings. The molecule has 0 bridgehead atoms. The molecular weight excluding hydrogens is 383 g/mol. The van der Waals surface area contributed by atoms with Crippen LogP contribution >= 0.6 is 0 Å². The Bertz CT molecular complexity index is 832. The number of ether oxygens (including phenoxy) is 1. The van der Waals surface area contributed by atoms with Crippen molar-refractivity contribution in [1.82, 2.24) is 4.90 Å². The van der Waals surface area contributed by atoms with E-state index < -0.39 is 11.7 Å². The van der Waals surface area contributed by atoms with Crippen molar-refractivity contribution in [1.29, 1.82) is 0 Å². The normalized spacial score (nSPS) is 16.4. The summed E-state index contributed by atoms with van der Waals surface area (Å²) in [7, 11) is 1.58. The first kappa shape index (κ1) is 21.0. The van der Waals surface area contributed by atoms with Crippen LogP contribution in [0.5, 0.6) is 5.75 Å². The largest absolute Gasteiger partial charge is 0.497 e. The van der Waals surface area contributed by atoms with Gasteiger partial charge in [0.05, 0.1) is 18.7 Å². The molecule has 0 spiro atoms. The minimum Gasteiger partial charge on any atom is -0.497 e. The van der Waals surface area contributed by atoms with Gasteiger partial charge in [0.15, 0.2) is 0 Å². The molecule has 29 heavy (non-hydrogen) atoms. The molecule has 2 aromatic carbocycles. The van der Waals surface area contributed by atoms with Gasteiger partial charge in [-0.25, -0.2) is 0 Å². The van der Waals surface area contributed by atoms with E-state index in [1.54, 1.807) is 37.4 Å². The lowest BCUT2D eigenvalue weighted by atomic mass is 10.1. The van der Waals surface area contributed by atoms with Gasteiger partial charge in [0.25, 0.3) is 0 Å². The second-order valence-electron chi connectivity index (χ2n) is 6.96. The SMILES string of the molecule is COc1ccc(NC(=O)[C@H](C)N2CCN(c3cccc(C(F)(F)F)c3)CC2)cc1. The summed E-state index contributed by atoms with van der Waals surface area (Å²) in [5.74, 6) is 0.587. The van der Waals surface area contributed by atoms with Gasteiger partial charge < -0.3 is 15.0 Å². The first-order chi connectivity index (χ1) is 13.8. The van der Waals surface area contributed by atoms with E-state index in [1.807, 2.05) is 16.7 Å². The van der Waals surface area contributed by atoms with Gasteiger partial charge in [-0.1, -0.05) is 6.07 Å². The molecule has 1 N–H and O–H groups in total. The van der Waals surface area contributed by atoms with Crippen molar-refractivity contribution in [3.63, 3.8) is 0 Å². The fourth-order valence-corrected chi connectivity index (χ4v) is 3.33. The molecule has 2 aromatic rings. The minimum absolute atomic E-state index is 0.123. The van der Waals surface area contributed by atoms with Gasteiger partial charge in [-0.2, -0.15) is 13.2 Å². The average molecular weight is 407 g/mol. The van der Waals surface area contributed by atoms with Crippen LogP contribution in [0.15, 0.2) is 48.5 Å². The predicted octanol–water partition coefficient (Wildman–Crippen LogP) is 3.86. The molecule has 1 aliphatic heterocycles. The molecule has 1 heterocycles. The fraction of sp³-hybridized carbons (Fsp3) is 0.381. The number of hydrogen-bond acceptors (Lipinski definition) is 4. The number of nitrogens with one attached hydrogen (secondary N) is 1. The Morgan fingerprint density at radius 1 is 1.07 bits per heavy atom. The van der Waals surface area contributed by atoms with Crippen molar-refractivity contribution in [2.24, 2.45) is 0 Å². The van der Waals surface area contributed by atoms with Gasteiger partial charge in [0, 0.05) is 37.6 Å². The van der Waals surface area contributed by atoms with Crippen molar-refractivity contribution in [2.75, 3.05) is 43.5 Å². The molecule has 1 amide bonds.